The van der Waals surface area contributed by atoms with Crippen molar-refractivity contribution in [2.75, 3.05) is 19.6 Å². The maximum Gasteiger partial charge on any atom is 0.410 e. The summed E-state index contributed by atoms with van der Waals surface area (Å²) in [6.07, 6.45) is -0.684. The van der Waals surface area contributed by atoms with Crippen molar-refractivity contribution in [3.05, 3.63) is 33.8 Å². The van der Waals surface area contributed by atoms with E-state index in [9.17, 15) is 23.1 Å². The van der Waals surface area contributed by atoms with E-state index in [1.165, 1.54) is 23.1 Å². The number of benzene rings is 1. The number of carbonyl (C=O) groups excluding carboxylic acids is 1. The largest absolute Gasteiger partial charge is 0.480 e. The molecule has 0 saturated carbocycles. The maximum atomic E-state index is 12.8. The molecule has 1 saturated heterocycles. The Hall–Kier alpha value is -1.55. The number of halogens is 2. The molecule has 1 atom stereocenters. The van der Waals surface area contributed by atoms with Gasteiger partial charge >= 0.3 is 12.1 Å². The molecule has 1 amide bonds. The highest BCUT2D eigenvalue weighted by Crippen LogP contribution is 2.26. The first kappa shape index (κ1) is 22.7. The van der Waals surface area contributed by atoms with Crippen LogP contribution in [0.5, 0.6) is 0 Å². The number of sulfonamides is 1. The van der Waals surface area contributed by atoms with Crippen molar-refractivity contribution >= 4 is 45.3 Å². The Balaban J connectivity index is 2.20. The fourth-order valence-corrected chi connectivity index (χ4v) is 4.98. The summed E-state index contributed by atoms with van der Waals surface area (Å²) in [4.78, 5) is 25.1. The molecule has 156 valence electrons. The Labute approximate surface area is 174 Å². The van der Waals surface area contributed by atoms with Crippen molar-refractivity contribution in [2.24, 2.45) is 0 Å². The molecule has 1 aromatic carbocycles. The summed E-state index contributed by atoms with van der Waals surface area (Å²) < 4.78 is 31.8. The standard InChI is InChI=1S/C17H22Cl2N2O6S/c1-17(2,3)27-16(24)20-6-7-21(14(9-20)15(22)23)28(25,26)10-11-4-5-12(18)8-13(11)19/h4-5,8,14H,6-7,9-10H2,1-3H3,(H,22,23)/t14-/m1/s1. The summed E-state index contributed by atoms with van der Waals surface area (Å²) in [5.41, 5.74) is -0.436. The van der Waals surface area contributed by atoms with E-state index >= 15 is 0 Å². The zero-order valence-electron chi connectivity index (χ0n) is 15.7. The first-order valence-corrected chi connectivity index (χ1v) is 10.8. The first-order valence-electron chi connectivity index (χ1n) is 8.44. The smallest absolute Gasteiger partial charge is 0.410 e. The number of amides is 1. The second kappa shape index (κ2) is 8.44. The topological polar surface area (TPSA) is 104 Å². The average molecular weight is 453 g/mol. The fourth-order valence-electron chi connectivity index (χ4n) is 2.71. The molecule has 1 aliphatic heterocycles. The number of piperazine rings is 1. The molecule has 1 fully saturated rings. The predicted molar refractivity (Wildman–Crippen MR) is 105 cm³/mol. The summed E-state index contributed by atoms with van der Waals surface area (Å²) in [6, 6.07) is 2.99. The van der Waals surface area contributed by atoms with Gasteiger partial charge < -0.3 is 14.7 Å². The maximum absolute atomic E-state index is 12.8. The number of carbonyl (C=O) groups is 2. The van der Waals surface area contributed by atoms with E-state index < -0.39 is 39.5 Å². The Bertz CT molecular complexity index is 869. The average Bonchev–Trinajstić information content (AvgIpc) is 2.55. The monoisotopic (exact) mass is 452 g/mol. The second-order valence-corrected chi connectivity index (χ2v) is 10.1. The van der Waals surface area contributed by atoms with Crippen LogP contribution in [0.4, 0.5) is 4.79 Å². The summed E-state index contributed by atoms with van der Waals surface area (Å²) >= 11 is 11.9. The zero-order chi connectivity index (χ0) is 21.3. The molecule has 0 spiro atoms. The van der Waals surface area contributed by atoms with Crippen molar-refractivity contribution in [3.63, 3.8) is 0 Å². The van der Waals surface area contributed by atoms with Crippen LogP contribution in [0.3, 0.4) is 0 Å². The van der Waals surface area contributed by atoms with Gasteiger partial charge in [-0.1, -0.05) is 29.3 Å². The van der Waals surface area contributed by atoms with Crippen molar-refractivity contribution in [1.29, 1.82) is 0 Å². The highest BCUT2D eigenvalue weighted by molar-refractivity contribution is 7.88. The molecule has 11 heteroatoms. The lowest BCUT2D eigenvalue weighted by Gasteiger charge is -2.38. The highest BCUT2D eigenvalue weighted by Gasteiger charge is 2.41. The van der Waals surface area contributed by atoms with Gasteiger partial charge in [-0.25, -0.2) is 13.2 Å². The van der Waals surface area contributed by atoms with Gasteiger partial charge in [-0.3, -0.25) is 4.79 Å². The minimum absolute atomic E-state index is 0.0201. The van der Waals surface area contributed by atoms with Crippen LogP contribution >= 0.6 is 23.2 Å². The lowest BCUT2D eigenvalue weighted by Crippen LogP contribution is -2.59. The van der Waals surface area contributed by atoms with Crippen LogP contribution in [0.2, 0.25) is 10.0 Å². The SMILES string of the molecule is CC(C)(C)OC(=O)N1CCN(S(=O)(=O)Cc2ccc(Cl)cc2Cl)[C@@H](C(=O)O)C1. The summed E-state index contributed by atoms with van der Waals surface area (Å²) in [5, 5.41) is 10.1. The Morgan fingerprint density at radius 2 is 1.89 bits per heavy atom. The predicted octanol–water partition coefficient (Wildman–Crippen LogP) is 2.83. The number of nitrogens with zero attached hydrogens (tertiary/aromatic N) is 2. The van der Waals surface area contributed by atoms with Crippen LogP contribution < -0.4 is 0 Å². The summed E-state index contributed by atoms with van der Waals surface area (Å²) in [6.45, 7) is 4.62. The van der Waals surface area contributed by atoms with Gasteiger partial charge in [0.05, 0.1) is 12.3 Å². The van der Waals surface area contributed by atoms with E-state index in [2.05, 4.69) is 0 Å². The molecule has 0 bridgehead atoms. The molecule has 1 aromatic rings. The van der Waals surface area contributed by atoms with E-state index in [1.807, 2.05) is 0 Å². The molecule has 1 N–H and O–H groups in total. The Kier molecular flexibility index (Phi) is 6.86. The number of rotatable bonds is 4. The van der Waals surface area contributed by atoms with Gasteiger partial charge in [-0.2, -0.15) is 4.31 Å². The normalized spacial score (nSPS) is 18.8. The van der Waals surface area contributed by atoms with Crippen molar-refractivity contribution < 1.29 is 27.9 Å². The number of aliphatic carboxylic acids is 1. The molecule has 2 rings (SSSR count). The number of ether oxygens (including phenoxy) is 1. The third-order valence-electron chi connectivity index (χ3n) is 3.98. The van der Waals surface area contributed by atoms with Crippen molar-refractivity contribution in [1.82, 2.24) is 9.21 Å². The molecular formula is C17H22Cl2N2O6S. The van der Waals surface area contributed by atoms with Crippen molar-refractivity contribution in [2.45, 2.75) is 38.2 Å². The summed E-state index contributed by atoms with van der Waals surface area (Å²) in [7, 11) is -4.00. The molecule has 1 aliphatic rings. The van der Waals surface area contributed by atoms with Crippen LogP contribution in [0.25, 0.3) is 0 Å². The zero-order valence-corrected chi connectivity index (χ0v) is 18.0. The van der Waals surface area contributed by atoms with Gasteiger partial charge in [-0.05, 0) is 38.5 Å². The molecule has 28 heavy (non-hydrogen) atoms. The fraction of sp³-hybridized carbons (Fsp3) is 0.529. The minimum Gasteiger partial charge on any atom is -0.480 e. The molecule has 1 heterocycles. The van der Waals surface area contributed by atoms with Crippen LogP contribution in [0, 0.1) is 0 Å². The molecular weight excluding hydrogens is 431 g/mol. The van der Waals surface area contributed by atoms with E-state index in [4.69, 9.17) is 27.9 Å². The number of hydrogen-bond donors (Lipinski definition) is 1. The molecule has 8 nitrogen and oxygen atoms in total. The molecule has 0 aromatic heterocycles. The minimum atomic E-state index is -4.00. The lowest BCUT2D eigenvalue weighted by molar-refractivity contribution is -0.143. The van der Waals surface area contributed by atoms with Gasteiger partial charge in [0.2, 0.25) is 10.0 Å². The lowest BCUT2D eigenvalue weighted by atomic mass is 10.2. The number of carboxylic acid groups (broad SMARTS) is 1. The number of carboxylic acids is 1. The van der Waals surface area contributed by atoms with Gasteiger partial charge in [0, 0.05) is 23.1 Å². The van der Waals surface area contributed by atoms with E-state index in [-0.39, 0.29) is 24.7 Å². The van der Waals surface area contributed by atoms with Gasteiger partial charge in [-0.15, -0.1) is 0 Å². The van der Waals surface area contributed by atoms with E-state index in [0.29, 0.717) is 10.6 Å². The quantitative estimate of drug-likeness (QED) is 0.752. The van der Waals surface area contributed by atoms with Gasteiger partial charge in [0.15, 0.2) is 0 Å². The van der Waals surface area contributed by atoms with Crippen LogP contribution in [-0.2, 0) is 25.3 Å². The Morgan fingerprint density at radius 3 is 2.43 bits per heavy atom. The molecule has 0 aliphatic carbocycles. The Morgan fingerprint density at radius 1 is 1.25 bits per heavy atom. The van der Waals surface area contributed by atoms with Gasteiger partial charge in [0.25, 0.3) is 0 Å². The van der Waals surface area contributed by atoms with Crippen molar-refractivity contribution in [3.8, 4) is 0 Å². The van der Waals surface area contributed by atoms with Crippen LogP contribution in [-0.4, -0.2) is 66.1 Å². The third-order valence-corrected chi connectivity index (χ3v) is 6.39. The highest BCUT2D eigenvalue weighted by atomic mass is 35.5. The van der Waals surface area contributed by atoms with Crippen LogP contribution in [0.1, 0.15) is 26.3 Å². The third kappa shape index (κ3) is 5.73. The molecule has 0 unspecified atom stereocenters. The second-order valence-electron chi connectivity index (χ2n) is 7.38. The number of hydrogen-bond acceptors (Lipinski definition) is 5. The van der Waals surface area contributed by atoms with Gasteiger partial charge in [0.1, 0.15) is 11.6 Å². The van der Waals surface area contributed by atoms with E-state index in [0.717, 1.165) is 4.31 Å². The van der Waals surface area contributed by atoms with Crippen LogP contribution in [0.15, 0.2) is 18.2 Å². The first-order chi connectivity index (χ1) is 12.8. The summed E-state index contributed by atoms with van der Waals surface area (Å²) in [5.74, 6) is -1.82. The molecule has 0 radical (unpaired) electrons. The van der Waals surface area contributed by atoms with E-state index in [1.54, 1.807) is 20.8 Å².